The van der Waals surface area contributed by atoms with E-state index >= 15 is 0 Å². The molecule has 0 bridgehead atoms. The summed E-state index contributed by atoms with van der Waals surface area (Å²) in [6, 6.07) is 6.98. The van der Waals surface area contributed by atoms with Crippen LogP contribution in [0.1, 0.15) is 52.0 Å². The van der Waals surface area contributed by atoms with Crippen LogP contribution in [0.4, 0.5) is 5.69 Å². The highest BCUT2D eigenvalue weighted by Gasteiger charge is 2.26. The molecule has 1 aromatic rings. The molecule has 1 fully saturated rings. The first-order valence-corrected chi connectivity index (χ1v) is 8.76. The molecule has 0 atom stereocenters. The van der Waals surface area contributed by atoms with Crippen molar-refractivity contribution >= 4 is 17.3 Å². The Balaban J connectivity index is 2.32. The summed E-state index contributed by atoms with van der Waals surface area (Å²) in [5.74, 6) is 0.647. The molecule has 0 aromatic heterocycles. The number of nitrogens with zero attached hydrogens (tertiary/aromatic N) is 1. The number of benzene rings is 1. The zero-order valence-electron chi connectivity index (χ0n) is 13.7. The van der Waals surface area contributed by atoms with Gasteiger partial charge < -0.3 is 10.2 Å². The Hall–Kier alpha value is -0.730. The highest BCUT2D eigenvalue weighted by atomic mass is 35.5. The maximum atomic E-state index is 6.60. The summed E-state index contributed by atoms with van der Waals surface area (Å²) in [5.41, 5.74) is 2.60. The molecule has 0 amide bonds. The number of halogens is 1. The first-order chi connectivity index (χ1) is 10.1. The highest BCUT2D eigenvalue weighted by Crippen LogP contribution is 2.36. The number of hydrogen-bond donors (Lipinski definition) is 1. The second-order valence-corrected chi connectivity index (χ2v) is 6.92. The summed E-state index contributed by atoms with van der Waals surface area (Å²) in [7, 11) is 0. The Morgan fingerprint density at radius 3 is 2.62 bits per heavy atom. The number of anilines is 1. The molecule has 0 unspecified atom stereocenters. The van der Waals surface area contributed by atoms with Crippen LogP contribution in [0.3, 0.4) is 0 Å². The van der Waals surface area contributed by atoms with Gasteiger partial charge in [0.25, 0.3) is 0 Å². The summed E-state index contributed by atoms with van der Waals surface area (Å²) in [6.45, 7) is 9.71. The van der Waals surface area contributed by atoms with E-state index in [0.29, 0.717) is 12.0 Å². The number of para-hydroxylation sites is 1. The van der Waals surface area contributed by atoms with Gasteiger partial charge in [-0.1, -0.05) is 57.3 Å². The molecule has 2 nitrogen and oxygen atoms in total. The molecular weight excluding hydrogens is 280 g/mol. The normalized spacial score (nSPS) is 15.9. The molecule has 0 heterocycles. The van der Waals surface area contributed by atoms with Crippen molar-refractivity contribution in [1.82, 2.24) is 5.32 Å². The van der Waals surface area contributed by atoms with Crippen LogP contribution in [0.15, 0.2) is 18.2 Å². The van der Waals surface area contributed by atoms with Crippen LogP contribution in [0.5, 0.6) is 0 Å². The van der Waals surface area contributed by atoms with E-state index in [9.17, 15) is 0 Å². The van der Waals surface area contributed by atoms with E-state index in [-0.39, 0.29) is 0 Å². The Morgan fingerprint density at radius 1 is 1.29 bits per heavy atom. The van der Waals surface area contributed by atoms with Crippen LogP contribution in [-0.4, -0.2) is 19.1 Å². The topological polar surface area (TPSA) is 15.3 Å². The van der Waals surface area contributed by atoms with Gasteiger partial charge in [-0.05, 0) is 36.9 Å². The van der Waals surface area contributed by atoms with E-state index in [1.54, 1.807) is 0 Å². The van der Waals surface area contributed by atoms with Crippen LogP contribution < -0.4 is 10.2 Å². The fourth-order valence-corrected chi connectivity index (χ4v) is 3.62. The molecule has 1 aromatic carbocycles. The summed E-state index contributed by atoms with van der Waals surface area (Å²) in [5, 5.41) is 4.35. The molecule has 0 spiro atoms. The Labute approximate surface area is 134 Å². The highest BCUT2D eigenvalue weighted by molar-refractivity contribution is 6.33. The summed E-state index contributed by atoms with van der Waals surface area (Å²) in [6.07, 6.45) is 5.32. The van der Waals surface area contributed by atoms with Crippen LogP contribution in [0.2, 0.25) is 5.02 Å². The molecule has 21 heavy (non-hydrogen) atoms. The molecule has 118 valence electrons. The average Bonchev–Trinajstić information content (AvgIpc) is 2.97. The molecule has 1 saturated carbocycles. The molecule has 1 N–H and O–H groups in total. The maximum absolute atomic E-state index is 6.60. The third kappa shape index (κ3) is 4.37. The zero-order chi connectivity index (χ0) is 15.2. The van der Waals surface area contributed by atoms with Crippen molar-refractivity contribution in [3.63, 3.8) is 0 Å². The van der Waals surface area contributed by atoms with Crippen molar-refractivity contribution in [3.05, 3.63) is 28.8 Å². The monoisotopic (exact) mass is 308 g/mol. The fourth-order valence-electron chi connectivity index (χ4n) is 3.32. The summed E-state index contributed by atoms with van der Waals surface area (Å²) >= 11 is 6.60. The Morgan fingerprint density at radius 2 is 2.00 bits per heavy atom. The van der Waals surface area contributed by atoms with E-state index in [1.165, 1.54) is 36.9 Å². The lowest BCUT2D eigenvalue weighted by Gasteiger charge is -2.35. The quantitative estimate of drug-likeness (QED) is 0.774. The van der Waals surface area contributed by atoms with Crippen molar-refractivity contribution < 1.29 is 0 Å². The summed E-state index contributed by atoms with van der Waals surface area (Å²) in [4.78, 5) is 2.59. The van der Waals surface area contributed by atoms with E-state index in [4.69, 9.17) is 11.6 Å². The van der Waals surface area contributed by atoms with E-state index in [0.717, 1.165) is 24.7 Å². The van der Waals surface area contributed by atoms with Gasteiger partial charge in [0.15, 0.2) is 0 Å². The van der Waals surface area contributed by atoms with Gasteiger partial charge in [0.1, 0.15) is 0 Å². The van der Waals surface area contributed by atoms with Crippen molar-refractivity contribution in [3.8, 4) is 0 Å². The van der Waals surface area contributed by atoms with Crippen LogP contribution >= 0.6 is 11.6 Å². The van der Waals surface area contributed by atoms with E-state index in [2.05, 4.69) is 43.1 Å². The molecule has 1 aliphatic rings. The van der Waals surface area contributed by atoms with Gasteiger partial charge >= 0.3 is 0 Å². The third-order valence-corrected chi connectivity index (χ3v) is 4.56. The third-order valence-electron chi connectivity index (χ3n) is 4.25. The zero-order valence-corrected chi connectivity index (χ0v) is 14.4. The number of rotatable bonds is 7. The van der Waals surface area contributed by atoms with Gasteiger partial charge in [0.2, 0.25) is 0 Å². The molecule has 3 heteroatoms. The first-order valence-electron chi connectivity index (χ1n) is 8.38. The SMILES string of the molecule is CCNCc1cccc(Cl)c1N(CC(C)C)C1CCCC1. The maximum Gasteiger partial charge on any atom is 0.0643 e. The van der Waals surface area contributed by atoms with Crippen LogP contribution in [-0.2, 0) is 6.54 Å². The van der Waals surface area contributed by atoms with E-state index < -0.39 is 0 Å². The van der Waals surface area contributed by atoms with Gasteiger partial charge in [0.05, 0.1) is 10.7 Å². The minimum absolute atomic E-state index is 0.647. The lowest BCUT2D eigenvalue weighted by Crippen LogP contribution is -2.37. The number of hydrogen-bond acceptors (Lipinski definition) is 2. The first kappa shape index (κ1) is 16.6. The predicted octanol–water partition coefficient (Wildman–Crippen LogP) is 4.85. The Bertz CT molecular complexity index is 439. The second-order valence-electron chi connectivity index (χ2n) is 6.51. The van der Waals surface area contributed by atoms with Crippen molar-refractivity contribution in [2.24, 2.45) is 5.92 Å². The smallest absolute Gasteiger partial charge is 0.0643 e. The van der Waals surface area contributed by atoms with E-state index in [1.807, 2.05) is 6.07 Å². The lowest BCUT2D eigenvalue weighted by molar-refractivity contribution is 0.533. The van der Waals surface area contributed by atoms with Gasteiger partial charge in [-0.2, -0.15) is 0 Å². The number of nitrogens with one attached hydrogen (secondary N) is 1. The largest absolute Gasteiger partial charge is 0.367 e. The molecule has 0 saturated heterocycles. The second kappa shape index (κ2) is 8.05. The Kier molecular flexibility index (Phi) is 6.38. The van der Waals surface area contributed by atoms with Crippen LogP contribution in [0.25, 0.3) is 0 Å². The summed E-state index contributed by atoms with van der Waals surface area (Å²) < 4.78 is 0. The molecule has 2 rings (SSSR count). The minimum atomic E-state index is 0.647. The standard InChI is InChI=1S/C18H29ClN2/c1-4-20-12-15-8-7-11-17(19)18(15)21(13-14(2)3)16-9-5-6-10-16/h7-8,11,14,16,20H,4-6,9-10,12-13H2,1-3H3. The van der Waals surface area contributed by atoms with Crippen molar-refractivity contribution in [2.75, 3.05) is 18.0 Å². The molecule has 0 aliphatic heterocycles. The average molecular weight is 309 g/mol. The predicted molar refractivity (Wildman–Crippen MR) is 93.3 cm³/mol. The fraction of sp³-hybridized carbons (Fsp3) is 0.667. The van der Waals surface area contributed by atoms with Crippen molar-refractivity contribution in [2.45, 2.75) is 59.0 Å². The van der Waals surface area contributed by atoms with Gasteiger partial charge in [-0.25, -0.2) is 0 Å². The van der Waals surface area contributed by atoms with Gasteiger partial charge in [-0.3, -0.25) is 0 Å². The van der Waals surface area contributed by atoms with Crippen molar-refractivity contribution in [1.29, 1.82) is 0 Å². The minimum Gasteiger partial charge on any atom is -0.367 e. The molecule has 1 aliphatic carbocycles. The van der Waals surface area contributed by atoms with Gasteiger partial charge in [-0.15, -0.1) is 0 Å². The van der Waals surface area contributed by atoms with Crippen LogP contribution in [0, 0.1) is 5.92 Å². The van der Waals surface area contributed by atoms with Gasteiger partial charge in [0, 0.05) is 19.1 Å². The molecular formula is C18H29ClN2. The lowest BCUT2D eigenvalue weighted by atomic mass is 10.1. The molecule has 0 radical (unpaired) electrons.